The molecule has 1 aliphatic carbocycles. The number of carbonyl (C=O) groups excluding carboxylic acids is 1. The summed E-state index contributed by atoms with van der Waals surface area (Å²) in [7, 11) is 1.78. The Labute approximate surface area is 109 Å². The van der Waals surface area contributed by atoms with E-state index in [9.17, 15) is 9.90 Å². The van der Waals surface area contributed by atoms with Crippen LogP contribution in [0.1, 0.15) is 23.2 Å². The van der Waals surface area contributed by atoms with Crippen LogP contribution in [0.4, 0.5) is 5.82 Å². The molecule has 2 aromatic rings. The first-order chi connectivity index (χ1) is 9.20. The van der Waals surface area contributed by atoms with Gasteiger partial charge in [-0.1, -0.05) is 0 Å². The van der Waals surface area contributed by atoms with E-state index in [0.717, 1.165) is 18.7 Å². The molecule has 0 radical (unpaired) electrons. The molecule has 19 heavy (non-hydrogen) atoms. The molecule has 2 aromatic heterocycles. The maximum absolute atomic E-state index is 12.1. The lowest BCUT2D eigenvalue weighted by Crippen LogP contribution is -2.50. The Hall–Kier alpha value is -2.15. The van der Waals surface area contributed by atoms with Gasteiger partial charge >= 0.3 is 0 Å². The van der Waals surface area contributed by atoms with Crippen LogP contribution in [-0.4, -0.2) is 44.8 Å². The first-order valence-electron chi connectivity index (χ1n) is 6.20. The predicted octanol–water partition coefficient (Wildman–Crippen LogP) is 0.0241. The van der Waals surface area contributed by atoms with Crippen molar-refractivity contribution in [1.29, 1.82) is 0 Å². The number of aromatic nitrogens is 3. The summed E-state index contributed by atoms with van der Waals surface area (Å²) in [4.78, 5) is 16.3. The fourth-order valence-corrected chi connectivity index (χ4v) is 2.14. The molecule has 3 rings (SSSR count). The van der Waals surface area contributed by atoms with Crippen molar-refractivity contribution >= 4 is 17.4 Å². The molecule has 1 saturated carbocycles. The van der Waals surface area contributed by atoms with Gasteiger partial charge in [0.15, 0.2) is 5.65 Å². The van der Waals surface area contributed by atoms with Gasteiger partial charge in [0.25, 0.3) is 5.91 Å². The summed E-state index contributed by atoms with van der Waals surface area (Å²) < 4.78 is 1.58. The first-order valence-corrected chi connectivity index (χ1v) is 6.20. The van der Waals surface area contributed by atoms with Crippen LogP contribution in [0.3, 0.4) is 0 Å². The van der Waals surface area contributed by atoms with Crippen molar-refractivity contribution in [3.8, 4) is 0 Å². The number of rotatable bonds is 3. The number of hydrogen-bond donors (Lipinski definition) is 3. The summed E-state index contributed by atoms with van der Waals surface area (Å²) in [6, 6.07) is 1.62. The number of nitrogens with zero attached hydrogens (tertiary/aromatic N) is 3. The molecule has 100 valence electrons. The Kier molecular flexibility index (Phi) is 2.83. The van der Waals surface area contributed by atoms with Crippen molar-refractivity contribution in [3.63, 3.8) is 0 Å². The van der Waals surface area contributed by atoms with E-state index in [1.807, 2.05) is 0 Å². The van der Waals surface area contributed by atoms with Crippen LogP contribution in [-0.2, 0) is 0 Å². The third-order valence-electron chi connectivity index (χ3n) is 3.46. The second-order valence-electron chi connectivity index (χ2n) is 4.60. The lowest BCUT2D eigenvalue weighted by Gasteiger charge is -2.32. The summed E-state index contributed by atoms with van der Waals surface area (Å²) in [5, 5.41) is 19.4. The van der Waals surface area contributed by atoms with Gasteiger partial charge in [-0.3, -0.25) is 4.79 Å². The minimum absolute atomic E-state index is 0.157. The van der Waals surface area contributed by atoms with Crippen molar-refractivity contribution in [2.75, 3.05) is 12.4 Å². The average Bonchev–Trinajstić information content (AvgIpc) is 2.86. The van der Waals surface area contributed by atoms with Crippen molar-refractivity contribution in [2.45, 2.75) is 25.0 Å². The molecule has 0 unspecified atom stereocenters. The largest absolute Gasteiger partial charge is 0.391 e. The molecular formula is C12H15N5O2. The van der Waals surface area contributed by atoms with Gasteiger partial charge in [0.1, 0.15) is 11.4 Å². The quantitative estimate of drug-likeness (QED) is 0.724. The van der Waals surface area contributed by atoms with Gasteiger partial charge in [0.2, 0.25) is 0 Å². The number of anilines is 1. The Balaban J connectivity index is 1.90. The molecule has 0 aliphatic heterocycles. The second kappa shape index (κ2) is 4.51. The van der Waals surface area contributed by atoms with Gasteiger partial charge in [-0.25, -0.2) is 4.98 Å². The maximum atomic E-state index is 12.1. The molecule has 2 atom stereocenters. The van der Waals surface area contributed by atoms with E-state index in [0.29, 0.717) is 11.2 Å². The number of amides is 1. The van der Waals surface area contributed by atoms with Crippen molar-refractivity contribution < 1.29 is 9.90 Å². The van der Waals surface area contributed by atoms with Crippen LogP contribution < -0.4 is 10.6 Å². The van der Waals surface area contributed by atoms with E-state index in [1.54, 1.807) is 23.8 Å². The molecular weight excluding hydrogens is 246 g/mol. The molecule has 3 N–H and O–H groups in total. The Morgan fingerprint density at radius 2 is 2.37 bits per heavy atom. The Bertz CT molecular complexity index is 624. The van der Waals surface area contributed by atoms with Crippen molar-refractivity contribution in [3.05, 3.63) is 24.0 Å². The Morgan fingerprint density at radius 1 is 1.53 bits per heavy atom. The highest BCUT2D eigenvalue weighted by Gasteiger charge is 2.31. The van der Waals surface area contributed by atoms with Gasteiger partial charge in [0, 0.05) is 13.2 Å². The Morgan fingerprint density at radius 3 is 3.00 bits per heavy atom. The van der Waals surface area contributed by atoms with E-state index in [1.165, 1.54) is 6.20 Å². The van der Waals surface area contributed by atoms with Crippen molar-refractivity contribution in [1.82, 2.24) is 19.9 Å². The summed E-state index contributed by atoms with van der Waals surface area (Å²) >= 11 is 0. The van der Waals surface area contributed by atoms with Crippen LogP contribution in [0, 0.1) is 0 Å². The van der Waals surface area contributed by atoms with Gasteiger partial charge in [-0.15, -0.1) is 0 Å². The van der Waals surface area contributed by atoms with E-state index in [-0.39, 0.29) is 11.9 Å². The lowest BCUT2D eigenvalue weighted by atomic mass is 9.89. The standard InChI is InChI=1S/C12H15N5O2/c1-13-10-4-5-14-11-7(6-15-17(10)11)12(19)16-8-2-3-9(8)18/h4-6,8-9,13,18H,2-3H2,1H3,(H,16,19)/t8-,9-/m0/s1. The van der Waals surface area contributed by atoms with Crippen LogP contribution in [0.25, 0.3) is 5.65 Å². The highest BCUT2D eigenvalue weighted by Crippen LogP contribution is 2.20. The SMILES string of the molecule is CNc1ccnc2c(C(=O)N[C@H]3CC[C@@H]3O)cnn12. The fraction of sp³-hybridized carbons (Fsp3) is 0.417. The minimum Gasteiger partial charge on any atom is -0.391 e. The predicted molar refractivity (Wildman–Crippen MR) is 69.0 cm³/mol. The number of fused-ring (bicyclic) bond motifs is 1. The monoisotopic (exact) mass is 261 g/mol. The van der Waals surface area contributed by atoms with Gasteiger partial charge in [0.05, 0.1) is 18.3 Å². The van der Waals surface area contributed by atoms with E-state index in [2.05, 4.69) is 20.7 Å². The normalized spacial score (nSPS) is 22.0. The number of aliphatic hydroxyl groups is 1. The zero-order chi connectivity index (χ0) is 13.4. The van der Waals surface area contributed by atoms with Crippen LogP contribution in [0.5, 0.6) is 0 Å². The maximum Gasteiger partial charge on any atom is 0.257 e. The number of nitrogens with one attached hydrogen (secondary N) is 2. The molecule has 1 fully saturated rings. The summed E-state index contributed by atoms with van der Waals surface area (Å²) in [6.45, 7) is 0. The number of aliphatic hydroxyl groups excluding tert-OH is 1. The van der Waals surface area contributed by atoms with Gasteiger partial charge < -0.3 is 15.7 Å². The average molecular weight is 261 g/mol. The molecule has 7 nitrogen and oxygen atoms in total. The zero-order valence-electron chi connectivity index (χ0n) is 10.5. The number of hydrogen-bond acceptors (Lipinski definition) is 5. The molecule has 2 heterocycles. The zero-order valence-corrected chi connectivity index (χ0v) is 10.5. The third-order valence-corrected chi connectivity index (χ3v) is 3.46. The van der Waals surface area contributed by atoms with Gasteiger partial charge in [-0.2, -0.15) is 9.61 Å². The topological polar surface area (TPSA) is 91.5 Å². The molecule has 7 heteroatoms. The molecule has 1 amide bonds. The third kappa shape index (κ3) is 1.91. The molecule has 1 aliphatic rings. The van der Waals surface area contributed by atoms with Gasteiger partial charge in [-0.05, 0) is 18.9 Å². The smallest absolute Gasteiger partial charge is 0.257 e. The van der Waals surface area contributed by atoms with Crippen molar-refractivity contribution in [2.24, 2.45) is 0 Å². The highest BCUT2D eigenvalue weighted by molar-refractivity contribution is 6.00. The summed E-state index contributed by atoms with van der Waals surface area (Å²) in [5.41, 5.74) is 0.911. The molecule has 0 spiro atoms. The first kappa shape index (κ1) is 11.9. The highest BCUT2D eigenvalue weighted by atomic mass is 16.3. The van der Waals surface area contributed by atoms with Crippen LogP contribution in [0.15, 0.2) is 18.5 Å². The van der Waals surface area contributed by atoms with Crippen LogP contribution in [0.2, 0.25) is 0 Å². The van der Waals surface area contributed by atoms with E-state index in [4.69, 9.17) is 0 Å². The molecule has 0 bridgehead atoms. The van der Waals surface area contributed by atoms with Crippen LogP contribution >= 0.6 is 0 Å². The van der Waals surface area contributed by atoms with E-state index < -0.39 is 6.10 Å². The summed E-state index contributed by atoms with van der Waals surface area (Å²) in [6.07, 6.45) is 4.22. The fourth-order valence-electron chi connectivity index (χ4n) is 2.14. The van der Waals surface area contributed by atoms with E-state index >= 15 is 0 Å². The number of carbonyl (C=O) groups is 1. The summed E-state index contributed by atoms with van der Waals surface area (Å²) in [5.74, 6) is 0.507. The minimum atomic E-state index is -0.438. The lowest BCUT2D eigenvalue weighted by molar-refractivity contribution is 0.0448. The molecule has 0 aromatic carbocycles. The molecule has 0 saturated heterocycles. The second-order valence-corrected chi connectivity index (χ2v) is 4.60.